The van der Waals surface area contributed by atoms with Crippen LogP contribution in [0.4, 0.5) is 13.2 Å². The Labute approximate surface area is 88.2 Å². The first-order chi connectivity index (χ1) is 6.81. The number of carboxylic acids is 1. The lowest BCUT2D eigenvalue weighted by atomic mass is 10.3. The van der Waals surface area contributed by atoms with E-state index in [9.17, 15) is 22.8 Å². The molecule has 0 aromatic rings. The van der Waals surface area contributed by atoms with Crippen LogP contribution in [0, 0.1) is 0 Å². The fraction of sp³-hybridized carbons (Fsp3) is 0.714. The average Bonchev–Trinajstić information content (AvgIpc) is 2.07. The molecule has 0 heterocycles. The van der Waals surface area contributed by atoms with E-state index in [1.54, 1.807) is 0 Å². The van der Waals surface area contributed by atoms with Gasteiger partial charge in [-0.2, -0.15) is 13.2 Å². The number of hydrogen-bond acceptors (Lipinski definition) is 3. The fourth-order valence-electron chi connectivity index (χ4n) is 0.666. The molecule has 2 N–H and O–H groups in total. The van der Waals surface area contributed by atoms with E-state index in [1.165, 1.54) is 0 Å². The Morgan fingerprint density at radius 3 is 2.40 bits per heavy atom. The molecule has 4 nitrogen and oxygen atoms in total. The summed E-state index contributed by atoms with van der Waals surface area (Å²) in [5, 5.41) is 10.4. The zero-order chi connectivity index (χ0) is 11.9. The van der Waals surface area contributed by atoms with Crippen molar-refractivity contribution in [3.05, 3.63) is 0 Å². The lowest BCUT2D eigenvalue weighted by molar-refractivity contribution is -0.137. The molecule has 0 aliphatic rings. The predicted octanol–water partition coefficient (Wildman–Crippen LogP) is 1.22. The highest BCUT2D eigenvalue weighted by Gasteiger charge is 2.29. The summed E-state index contributed by atoms with van der Waals surface area (Å²) < 4.78 is 34.8. The number of nitrogens with one attached hydrogen (secondary N) is 1. The van der Waals surface area contributed by atoms with Crippen molar-refractivity contribution in [1.29, 1.82) is 0 Å². The highest BCUT2D eigenvalue weighted by Crippen LogP contribution is 2.29. The topological polar surface area (TPSA) is 66.4 Å². The van der Waals surface area contributed by atoms with E-state index in [4.69, 9.17) is 5.11 Å². The van der Waals surface area contributed by atoms with Gasteiger partial charge < -0.3 is 10.4 Å². The van der Waals surface area contributed by atoms with Crippen LogP contribution < -0.4 is 5.32 Å². The number of carbonyl (C=O) groups excluding carboxylic acids is 1. The van der Waals surface area contributed by atoms with E-state index in [1.807, 2.05) is 0 Å². The molecular weight excluding hydrogens is 235 g/mol. The second kappa shape index (κ2) is 6.54. The molecule has 8 heteroatoms. The summed E-state index contributed by atoms with van der Waals surface area (Å²) in [5.41, 5.74) is -4.42. The Morgan fingerprint density at radius 1 is 1.33 bits per heavy atom. The summed E-state index contributed by atoms with van der Waals surface area (Å²) in [6.45, 7) is 0.0730. The van der Waals surface area contributed by atoms with Crippen LogP contribution in [-0.2, 0) is 9.59 Å². The molecule has 0 fully saturated rings. The van der Waals surface area contributed by atoms with E-state index in [-0.39, 0.29) is 19.4 Å². The molecule has 0 aromatic heterocycles. The second-order valence-corrected chi connectivity index (χ2v) is 3.62. The standard InChI is InChI=1S/C7H10F3NO3S/c8-7(9,10)15-4-5(12)11-3-1-2-6(13)14/h1-4H2,(H,11,12)(H,13,14). The van der Waals surface area contributed by atoms with Gasteiger partial charge in [0.15, 0.2) is 0 Å². The number of rotatable bonds is 6. The molecule has 15 heavy (non-hydrogen) atoms. The highest BCUT2D eigenvalue weighted by molar-refractivity contribution is 8.00. The molecule has 0 aliphatic carbocycles. The molecule has 0 spiro atoms. The fourth-order valence-corrected chi connectivity index (χ4v) is 1.06. The van der Waals surface area contributed by atoms with Crippen molar-refractivity contribution in [1.82, 2.24) is 5.32 Å². The van der Waals surface area contributed by atoms with E-state index >= 15 is 0 Å². The maximum atomic E-state index is 11.6. The summed E-state index contributed by atoms with van der Waals surface area (Å²) >= 11 is -0.422. The van der Waals surface area contributed by atoms with Gasteiger partial charge in [0.2, 0.25) is 5.91 Å². The highest BCUT2D eigenvalue weighted by atomic mass is 32.2. The predicted molar refractivity (Wildman–Crippen MR) is 48.4 cm³/mol. The molecule has 88 valence electrons. The van der Waals surface area contributed by atoms with E-state index in [2.05, 4.69) is 5.32 Å². The van der Waals surface area contributed by atoms with E-state index < -0.39 is 34.9 Å². The van der Waals surface area contributed by atoms with Gasteiger partial charge in [-0.15, -0.1) is 0 Å². The minimum Gasteiger partial charge on any atom is -0.481 e. The molecule has 0 unspecified atom stereocenters. The molecule has 0 saturated heterocycles. The summed E-state index contributed by atoms with van der Waals surface area (Å²) in [6.07, 6.45) is 0.0877. The zero-order valence-corrected chi connectivity index (χ0v) is 8.45. The summed E-state index contributed by atoms with van der Waals surface area (Å²) in [6, 6.07) is 0. The van der Waals surface area contributed by atoms with Gasteiger partial charge >= 0.3 is 11.5 Å². The van der Waals surface area contributed by atoms with Gasteiger partial charge in [0.25, 0.3) is 0 Å². The van der Waals surface area contributed by atoms with Crippen LogP contribution in [0.1, 0.15) is 12.8 Å². The Hall–Kier alpha value is -0.920. The maximum Gasteiger partial charge on any atom is 0.442 e. The molecule has 0 atom stereocenters. The van der Waals surface area contributed by atoms with Gasteiger partial charge in [-0.1, -0.05) is 0 Å². The molecule has 1 amide bonds. The summed E-state index contributed by atoms with van der Waals surface area (Å²) in [5.74, 6) is -2.45. The molecule has 0 rings (SSSR count). The van der Waals surface area contributed by atoms with Gasteiger partial charge in [-0.3, -0.25) is 9.59 Å². The summed E-state index contributed by atoms with van der Waals surface area (Å²) in [4.78, 5) is 20.8. The van der Waals surface area contributed by atoms with Gasteiger partial charge in [0.05, 0.1) is 5.75 Å². The number of alkyl halides is 3. The molecule has 0 saturated carbocycles. The molecule has 0 aromatic carbocycles. The van der Waals surface area contributed by atoms with Crippen molar-refractivity contribution in [2.45, 2.75) is 18.3 Å². The summed E-state index contributed by atoms with van der Waals surface area (Å²) in [7, 11) is 0. The van der Waals surface area contributed by atoms with Crippen LogP contribution in [0.15, 0.2) is 0 Å². The van der Waals surface area contributed by atoms with E-state index in [0.717, 1.165) is 0 Å². The van der Waals surface area contributed by atoms with Crippen molar-refractivity contribution in [3.8, 4) is 0 Å². The number of halogens is 3. The van der Waals surface area contributed by atoms with Crippen LogP contribution in [0.3, 0.4) is 0 Å². The third kappa shape index (κ3) is 11.0. The van der Waals surface area contributed by atoms with Crippen LogP contribution in [0.5, 0.6) is 0 Å². The SMILES string of the molecule is O=C(O)CCCNC(=O)CSC(F)(F)F. The number of hydrogen-bond donors (Lipinski definition) is 2. The molecule has 0 radical (unpaired) electrons. The lowest BCUT2D eigenvalue weighted by Crippen LogP contribution is -2.27. The molecular formula is C7H10F3NO3S. The lowest BCUT2D eigenvalue weighted by Gasteiger charge is -2.06. The Kier molecular flexibility index (Phi) is 6.14. The first kappa shape index (κ1) is 14.1. The number of carboxylic acid groups (broad SMARTS) is 1. The van der Waals surface area contributed by atoms with Gasteiger partial charge in [0, 0.05) is 13.0 Å². The number of amides is 1. The van der Waals surface area contributed by atoms with Crippen molar-refractivity contribution in [3.63, 3.8) is 0 Å². The Balaban J connectivity index is 3.46. The molecule has 0 bridgehead atoms. The average molecular weight is 245 g/mol. The second-order valence-electron chi connectivity index (χ2n) is 2.58. The number of thioether (sulfide) groups is 1. The third-order valence-corrected chi connectivity index (χ3v) is 1.99. The van der Waals surface area contributed by atoms with Crippen molar-refractivity contribution in [2.24, 2.45) is 0 Å². The third-order valence-electron chi connectivity index (χ3n) is 1.26. The first-order valence-corrected chi connectivity index (χ1v) is 4.99. The van der Waals surface area contributed by atoms with Crippen LogP contribution in [0.25, 0.3) is 0 Å². The van der Waals surface area contributed by atoms with Crippen LogP contribution in [-0.4, -0.2) is 34.8 Å². The first-order valence-electron chi connectivity index (χ1n) is 4.00. The quantitative estimate of drug-likeness (QED) is 0.690. The van der Waals surface area contributed by atoms with Crippen LogP contribution >= 0.6 is 11.8 Å². The number of carbonyl (C=O) groups is 2. The van der Waals surface area contributed by atoms with Crippen molar-refractivity contribution in [2.75, 3.05) is 12.3 Å². The molecule has 0 aliphatic heterocycles. The number of aliphatic carboxylic acids is 1. The normalized spacial score (nSPS) is 11.1. The maximum absolute atomic E-state index is 11.6. The smallest absolute Gasteiger partial charge is 0.442 e. The zero-order valence-electron chi connectivity index (χ0n) is 7.63. The van der Waals surface area contributed by atoms with Gasteiger partial charge in [0.1, 0.15) is 0 Å². The monoisotopic (exact) mass is 245 g/mol. The van der Waals surface area contributed by atoms with Gasteiger partial charge in [-0.05, 0) is 18.2 Å². The Bertz CT molecular complexity index is 232. The Morgan fingerprint density at radius 2 is 1.93 bits per heavy atom. The van der Waals surface area contributed by atoms with Crippen LogP contribution in [0.2, 0.25) is 0 Å². The minimum atomic E-state index is -4.42. The van der Waals surface area contributed by atoms with Gasteiger partial charge in [-0.25, -0.2) is 0 Å². The minimum absolute atomic E-state index is 0.0730. The van der Waals surface area contributed by atoms with Crippen molar-refractivity contribution < 1.29 is 27.9 Å². The van der Waals surface area contributed by atoms with E-state index in [0.29, 0.717) is 0 Å². The van der Waals surface area contributed by atoms with Crippen molar-refractivity contribution >= 4 is 23.6 Å². The largest absolute Gasteiger partial charge is 0.481 e.